The quantitative estimate of drug-likeness (QED) is 0.147. The Hall–Kier alpha value is -2.26. The molecule has 6 nitrogen and oxygen atoms in total. The van der Waals surface area contributed by atoms with E-state index in [1.807, 2.05) is 25.1 Å². The number of anilines is 1. The van der Waals surface area contributed by atoms with Gasteiger partial charge in [0.05, 0.1) is 29.5 Å². The van der Waals surface area contributed by atoms with Crippen molar-refractivity contribution in [3.05, 3.63) is 86.4 Å². The van der Waals surface area contributed by atoms with Crippen LogP contribution >= 0.6 is 46.8 Å². The van der Waals surface area contributed by atoms with Crippen LogP contribution in [0.2, 0.25) is 15.1 Å². The Morgan fingerprint density at radius 1 is 0.971 bits per heavy atom. The molecule has 0 spiro atoms. The Kier molecular flexibility index (Phi) is 10.7. The van der Waals surface area contributed by atoms with Crippen LogP contribution in [0.5, 0.6) is 5.75 Å². The van der Waals surface area contributed by atoms with Gasteiger partial charge >= 0.3 is 0 Å². The van der Waals surface area contributed by atoms with E-state index in [-0.39, 0.29) is 16.1 Å². The molecule has 0 atom stereocenters. The second-order valence-corrected chi connectivity index (χ2v) is 9.53. The zero-order valence-electron chi connectivity index (χ0n) is 18.8. The zero-order valence-corrected chi connectivity index (χ0v) is 21.9. The van der Waals surface area contributed by atoms with Gasteiger partial charge < -0.3 is 14.8 Å². The lowest BCUT2D eigenvalue weighted by Crippen LogP contribution is -2.16. The van der Waals surface area contributed by atoms with Crippen LogP contribution < -0.4 is 14.8 Å². The highest BCUT2D eigenvalue weighted by Crippen LogP contribution is 2.25. The molecular formula is C25H23Cl3N2O4S. The van der Waals surface area contributed by atoms with E-state index in [0.29, 0.717) is 49.1 Å². The van der Waals surface area contributed by atoms with Gasteiger partial charge in [0.1, 0.15) is 12.4 Å². The average molecular weight is 554 g/mol. The number of amides is 1. The van der Waals surface area contributed by atoms with Gasteiger partial charge in [-0.3, -0.25) is 14.3 Å². The van der Waals surface area contributed by atoms with Gasteiger partial charge in [0, 0.05) is 27.0 Å². The highest BCUT2D eigenvalue weighted by Gasteiger charge is 2.13. The summed E-state index contributed by atoms with van der Waals surface area (Å²) in [4.78, 5) is 25.1. The van der Waals surface area contributed by atoms with Crippen molar-refractivity contribution < 1.29 is 19.1 Å². The monoisotopic (exact) mass is 552 g/mol. The molecule has 0 saturated heterocycles. The van der Waals surface area contributed by atoms with Crippen LogP contribution in [0.1, 0.15) is 26.3 Å². The predicted octanol–water partition coefficient (Wildman–Crippen LogP) is 6.71. The first-order valence-corrected chi connectivity index (χ1v) is 12.5. The van der Waals surface area contributed by atoms with Gasteiger partial charge in [-0.05, 0) is 73.0 Å². The number of hydrogen-bond donors (Lipinski definition) is 2. The third-order valence-electron chi connectivity index (χ3n) is 4.75. The molecule has 1 amide bonds. The van der Waals surface area contributed by atoms with E-state index in [1.54, 1.807) is 24.3 Å². The minimum Gasteiger partial charge on any atom is -0.491 e. The minimum absolute atomic E-state index is 0.218. The number of carbonyl (C=O) groups excluding carboxylic acids is 2. The normalized spacial score (nSPS) is 10.7. The summed E-state index contributed by atoms with van der Waals surface area (Å²) in [5.41, 5.74) is 1.92. The topological polar surface area (TPSA) is 76.7 Å². The van der Waals surface area contributed by atoms with Crippen molar-refractivity contribution in [3.63, 3.8) is 0 Å². The molecule has 0 unspecified atom stereocenters. The SMILES string of the molecule is Cc1ccc(SNCCOCCOc2ccc(NC(=O)c3ccc(Cl)cc3Cl)c(C=O)c2)cc1Cl. The number of aryl methyl sites for hydroxylation is 1. The first kappa shape index (κ1) is 27.3. The largest absolute Gasteiger partial charge is 0.491 e. The summed E-state index contributed by atoms with van der Waals surface area (Å²) in [7, 11) is 0. The summed E-state index contributed by atoms with van der Waals surface area (Å²) >= 11 is 19.6. The van der Waals surface area contributed by atoms with Crippen LogP contribution in [-0.2, 0) is 4.74 Å². The van der Waals surface area contributed by atoms with Crippen LogP contribution in [0, 0.1) is 6.92 Å². The average Bonchev–Trinajstić information content (AvgIpc) is 2.83. The minimum atomic E-state index is -0.450. The molecule has 3 rings (SSSR count). The predicted molar refractivity (Wildman–Crippen MR) is 143 cm³/mol. The number of benzene rings is 3. The first-order chi connectivity index (χ1) is 16.9. The fourth-order valence-electron chi connectivity index (χ4n) is 2.91. The molecule has 35 heavy (non-hydrogen) atoms. The molecule has 3 aromatic rings. The molecule has 0 aliphatic carbocycles. The fraction of sp³-hybridized carbons (Fsp3) is 0.200. The van der Waals surface area contributed by atoms with Crippen LogP contribution in [0.3, 0.4) is 0 Å². The Morgan fingerprint density at radius 2 is 1.80 bits per heavy atom. The molecule has 0 saturated carbocycles. The van der Waals surface area contributed by atoms with Crippen LogP contribution in [0.15, 0.2) is 59.5 Å². The number of carbonyl (C=O) groups is 2. The van der Waals surface area contributed by atoms with Gasteiger partial charge in [0.2, 0.25) is 0 Å². The number of aldehydes is 1. The number of hydrogen-bond acceptors (Lipinski definition) is 6. The maximum atomic E-state index is 12.5. The van der Waals surface area contributed by atoms with Crippen molar-refractivity contribution in [3.8, 4) is 5.75 Å². The van der Waals surface area contributed by atoms with Gasteiger partial charge in [-0.25, -0.2) is 0 Å². The standard InChI is InChI=1S/C25H23Cl3N2O4S/c1-16-2-5-20(14-22(16)27)35-29-8-9-33-10-11-34-19-4-7-24(17(12-19)15-31)30-25(32)21-6-3-18(26)13-23(21)28/h2-7,12-15,29H,8-11H2,1H3,(H,30,32). The molecule has 0 fully saturated rings. The van der Waals surface area contributed by atoms with Crippen molar-refractivity contribution in [2.45, 2.75) is 11.8 Å². The molecule has 0 aliphatic rings. The van der Waals surface area contributed by atoms with Gasteiger partial charge in [-0.15, -0.1) is 0 Å². The molecule has 0 bridgehead atoms. The Bertz CT molecular complexity index is 1190. The van der Waals surface area contributed by atoms with Crippen LogP contribution in [-0.4, -0.2) is 38.6 Å². The van der Waals surface area contributed by atoms with E-state index in [2.05, 4.69) is 10.0 Å². The van der Waals surface area contributed by atoms with Crippen molar-refractivity contribution in [2.75, 3.05) is 31.7 Å². The first-order valence-electron chi connectivity index (χ1n) is 10.6. The van der Waals surface area contributed by atoms with Crippen molar-refractivity contribution in [2.24, 2.45) is 0 Å². The Morgan fingerprint density at radius 3 is 2.54 bits per heavy atom. The molecule has 2 N–H and O–H groups in total. The van der Waals surface area contributed by atoms with Gasteiger partial charge in [-0.2, -0.15) is 0 Å². The third kappa shape index (κ3) is 8.42. The lowest BCUT2D eigenvalue weighted by atomic mass is 10.1. The van der Waals surface area contributed by atoms with Gasteiger partial charge in [0.25, 0.3) is 5.91 Å². The van der Waals surface area contributed by atoms with Crippen molar-refractivity contribution in [1.29, 1.82) is 0 Å². The van der Waals surface area contributed by atoms with E-state index < -0.39 is 5.91 Å². The summed E-state index contributed by atoms with van der Waals surface area (Å²) < 4.78 is 14.4. The summed E-state index contributed by atoms with van der Waals surface area (Å²) in [5, 5.41) is 4.07. The van der Waals surface area contributed by atoms with E-state index in [1.165, 1.54) is 24.1 Å². The van der Waals surface area contributed by atoms with Gasteiger partial charge in [0.15, 0.2) is 6.29 Å². The Balaban J connectivity index is 1.39. The number of nitrogens with one attached hydrogen (secondary N) is 2. The highest BCUT2D eigenvalue weighted by atomic mass is 35.5. The van der Waals surface area contributed by atoms with Gasteiger partial charge in [-0.1, -0.05) is 40.9 Å². The lowest BCUT2D eigenvalue weighted by Gasteiger charge is -2.12. The molecule has 0 radical (unpaired) electrons. The van der Waals surface area contributed by atoms with Crippen LogP contribution in [0.25, 0.3) is 0 Å². The smallest absolute Gasteiger partial charge is 0.257 e. The molecule has 0 aromatic heterocycles. The maximum Gasteiger partial charge on any atom is 0.257 e. The van der Waals surface area contributed by atoms with E-state index in [0.717, 1.165) is 15.5 Å². The number of halogens is 3. The third-order valence-corrected chi connectivity index (χ3v) is 6.55. The molecule has 0 heterocycles. The van der Waals surface area contributed by atoms with Crippen molar-refractivity contribution >= 4 is 64.6 Å². The Labute approximate surface area is 223 Å². The summed E-state index contributed by atoms with van der Waals surface area (Å²) in [5.74, 6) is 0.0391. The summed E-state index contributed by atoms with van der Waals surface area (Å²) in [6, 6.07) is 15.3. The summed E-state index contributed by atoms with van der Waals surface area (Å²) in [6.07, 6.45) is 0.646. The molecule has 10 heteroatoms. The molecule has 0 aliphatic heterocycles. The molecule has 3 aromatic carbocycles. The summed E-state index contributed by atoms with van der Waals surface area (Å²) in [6.45, 7) is 3.81. The van der Waals surface area contributed by atoms with Crippen molar-refractivity contribution in [1.82, 2.24) is 4.72 Å². The van der Waals surface area contributed by atoms with E-state index in [4.69, 9.17) is 44.3 Å². The molecular weight excluding hydrogens is 531 g/mol. The lowest BCUT2D eigenvalue weighted by molar-refractivity contribution is 0.102. The molecule has 184 valence electrons. The fourth-order valence-corrected chi connectivity index (χ4v) is 4.32. The van der Waals surface area contributed by atoms with Crippen LogP contribution in [0.4, 0.5) is 5.69 Å². The maximum absolute atomic E-state index is 12.5. The second kappa shape index (κ2) is 13.7. The second-order valence-electron chi connectivity index (χ2n) is 7.31. The number of rotatable bonds is 12. The zero-order chi connectivity index (χ0) is 25.2. The highest BCUT2D eigenvalue weighted by molar-refractivity contribution is 7.97. The van der Waals surface area contributed by atoms with E-state index >= 15 is 0 Å². The number of ether oxygens (including phenoxy) is 2. The van der Waals surface area contributed by atoms with E-state index in [9.17, 15) is 9.59 Å².